The summed E-state index contributed by atoms with van der Waals surface area (Å²) < 4.78 is 10.1. The van der Waals surface area contributed by atoms with Crippen molar-refractivity contribution in [1.29, 1.82) is 0 Å². The van der Waals surface area contributed by atoms with Crippen LogP contribution in [0.1, 0.15) is 34.1 Å². The monoisotopic (exact) mass is 231 g/mol. The van der Waals surface area contributed by atoms with Crippen molar-refractivity contribution in [2.24, 2.45) is 5.92 Å². The van der Waals surface area contributed by atoms with Crippen molar-refractivity contribution in [3.63, 3.8) is 0 Å². The van der Waals surface area contributed by atoms with Crippen LogP contribution in [-0.4, -0.2) is 38.4 Å². The highest BCUT2D eigenvalue weighted by Crippen LogP contribution is 2.13. The van der Waals surface area contributed by atoms with Gasteiger partial charge >= 0.3 is 5.97 Å². The summed E-state index contributed by atoms with van der Waals surface area (Å²) in [5.41, 5.74) is -0.643. The summed E-state index contributed by atoms with van der Waals surface area (Å²) in [5.74, 6) is 0.295. The lowest BCUT2D eigenvalue weighted by atomic mass is 9.97. The number of hydrogen-bond acceptors (Lipinski definition) is 4. The summed E-state index contributed by atoms with van der Waals surface area (Å²) in [7, 11) is 1.63. The first-order chi connectivity index (χ1) is 7.46. The van der Waals surface area contributed by atoms with Crippen molar-refractivity contribution in [1.82, 2.24) is 5.32 Å². The predicted octanol–water partition coefficient (Wildman–Crippen LogP) is 1.59. The van der Waals surface area contributed by atoms with Crippen molar-refractivity contribution in [2.75, 3.05) is 26.9 Å². The number of carbonyl (C=O) groups excluding carboxylic acids is 1. The largest absolute Gasteiger partial charge is 0.465 e. The van der Waals surface area contributed by atoms with Crippen LogP contribution in [0.5, 0.6) is 0 Å². The SMILES string of the molecule is CCOC(=O)C(C)(CCOC)NCC(C)C. The zero-order valence-corrected chi connectivity index (χ0v) is 11.1. The zero-order valence-electron chi connectivity index (χ0n) is 11.1. The van der Waals surface area contributed by atoms with Crippen LogP contribution in [0.2, 0.25) is 0 Å². The van der Waals surface area contributed by atoms with Gasteiger partial charge in [-0.2, -0.15) is 0 Å². The van der Waals surface area contributed by atoms with Crippen LogP contribution in [0.4, 0.5) is 0 Å². The van der Waals surface area contributed by atoms with E-state index in [9.17, 15) is 4.79 Å². The number of nitrogens with one attached hydrogen (secondary N) is 1. The maximum Gasteiger partial charge on any atom is 0.326 e. The molecule has 0 amide bonds. The molecule has 0 saturated heterocycles. The van der Waals surface area contributed by atoms with E-state index < -0.39 is 5.54 Å². The average molecular weight is 231 g/mol. The third kappa shape index (κ3) is 5.47. The fraction of sp³-hybridized carbons (Fsp3) is 0.917. The number of carbonyl (C=O) groups is 1. The van der Waals surface area contributed by atoms with Gasteiger partial charge in [-0.1, -0.05) is 13.8 Å². The van der Waals surface area contributed by atoms with Gasteiger partial charge in [0.1, 0.15) is 5.54 Å². The van der Waals surface area contributed by atoms with E-state index in [0.717, 1.165) is 6.54 Å². The Labute approximate surface area is 98.7 Å². The Hall–Kier alpha value is -0.610. The minimum atomic E-state index is -0.643. The Morgan fingerprint density at radius 2 is 2.06 bits per heavy atom. The van der Waals surface area contributed by atoms with Gasteiger partial charge in [0.2, 0.25) is 0 Å². The fourth-order valence-corrected chi connectivity index (χ4v) is 1.29. The number of hydrogen-bond donors (Lipinski definition) is 1. The van der Waals surface area contributed by atoms with Crippen LogP contribution in [0.25, 0.3) is 0 Å². The molecule has 0 aromatic rings. The third-order valence-electron chi connectivity index (χ3n) is 2.43. The molecule has 0 rings (SSSR count). The van der Waals surface area contributed by atoms with Gasteiger partial charge in [0, 0.05) is 13.7 Å². The van der Waals surface area contributed by atoms with Gasteiger partial charge < -0.3 is 14.8 Å². The van der Waals surface area contributed by atoms with E-state index in [0.29, 0.717) is 25.6 Å². The molecule has 0 aromatic carbocycles. The normalized spacial score (nSPS) is 14.9. The van der Waals surface area contributed by atoms with Crippen LogP contribution in [0, 0.1) is 5.92 Å². The fourth-order valence-electron chi connectivity index (χ4n) is 1.29. The first kappa shape index (κ1) is 15.4. The van der Waals surface area contributed by atoms with Gasteiger partial charge in [0.15, 0.2) is 0 Å². The van der Waals surface area contributed by atoms with Crippen molar-refractivity contribution in [2.45, 2.75) is 39.7 Å². The third-order valence-corrected chi connectivity index (χ3v) is 2.43. The number of methoxy groups -OCH3 is 1. The van der Waals surface area contributed by atoms with Gasteiger partial charge in [-0.25, -0.2) is 0 Å². The smallest absolute Gasteiger partial charge is 0.326 e. The lowest BCUT2D eigenvalue weighted by Gasteiger charge is -2.29. The molecule has 0 saturated carbocycles. The molecule has 0 aliphatic carbocycles. The minimum absolute atomic E-state index is 0.201. The van der Waals surface area contributed by atoms with Crippen molar-refractivity contribution in [3.05, 3.63) is 0 Å². The zero-order chi connectivity index (χ0) is 12.6. The molecule has 0 spiro atoms. The lowest BCUT2D eigenvalue weighted by molar-refractivity contribution is -0.151. The Bertz CT molecular complexity index is 206. The highest BCUT2D eigenvalue weighted by molar-refractivity contribution is 5.80. The second kappa shape index (κ2) is 7.63. The maximum atomic E-state index is 11.8. The molecule has 1 unspecified atom stereocenters. The van der Waals surface area contributed by atoms with E-state index in [1.807, 2.05) is 13.8 Å². The lowest BCUT2D eigenvalue weighted by Crippen LogP contribution is -2.52. The van der Waals surface area contributed by atoms with Gasteiger partial charge in [-0.05, 0) is 32.7 Å². The van der Waals surface area contributed by atoms with Crippen LogP contribution in [-0.2, 0) is 14.3 Å². The maximum absolute atomic E-state index is 11.8. The second-order valence-electron chi connectivity index (χ2n) is 4.57. The summed E-state index contributed by atoms with van der Waals surface area (Å²) in [4.78, 5) is 11.8. The summed E-state index contributed by atoms with van der Waals surface area (Å²) in [6, 6.07) is 0. The Balaban J connectivity index is 4.40. The minimum Gasteiger partial charge on any atom is -0.465 e. The van der Waals surface area contributed by atoms with Crippen LogP contribution >= 0.6 is 0 Å². The van der Waals surface area contributed by atoms with Crippen molar-refractivity contribution < 1.29 is 14.3 Å². The van der Waals surface area contributed by atoms with Crippen LogP contribution in [0.3, 0.4) is 0 Å². The first-order valence-electron chi connectivity index (χ1n) is 5.87. The average Bonchev–Trinajstić information content (AvgIpc) is 2.24. The summed E-state index contributed by atoms with van der Waals surface area (Å²) >= 11 is 0. The second-order valence-corrected chi connectivity index (χ2v) is 4.57. The molecular formula is C12H25NO3. The van der Waals surface area contributed by atoms with E-state index in [1.165, 1.54) is 0 Å². The highest BCUT2D eigenvalue weighted by Gasteiger charge is 2.33. The van der Waals surface area contributed by atoms with Crippen LogP contribution in [0.15, 0.2) is 0 Å². The quantitative estimate of drug-likeness (QED) is 0.644. The summed E-state index contributed by atoms with van der Waals surface area (Å²) in [5, 5.41) is 3.26. The standard InChI is InChI=1S/C12H25NO3/c1-6-16-11(14)12(4,7-8-15-5)13-9-10(2)3/h10,13H,6-9H2,1-5H3. The van der Waals surface area contributed by atoms with Gasteiger partial charge in [-0.15, -0.1) is 0 Å². The van der Waals surface area contributed by atoms with Crippen molar-refractivity contribution >= 4 is 5.97 Å². The van der Waals surface area contributed by atoms with E-state index in [1.54, 1.807) is 7.11 Å². The Kier molecular flexibility index (Phi) is 7.34. The van der Waals surface area contributed by atoms with Gasteiger partial charge in [0.05, 0.1) is 6.61 Å². The molecule has 0 heterocycles. The van der Waals surface area contributed by atoms with Gasteiger partial charge in [0.25, 0.3) is 0 Å². The number of ether oxygens (including phenoxy) is 2. The molecule has 0 bridgehead atoms. The summed E-state index contributed by atoms with van der Waals surface area (Å²) in [6.07, 6.45) is 0.620. The molecule has 96 valence electrons. The number of esters is 1. The molecule has 4 heteroatoms. The molecule has 0 aliphatic rings. The highest BCUT2D eigenvalue weighted by atomic mass is 16.5. The molecule has 4 nitrogen and oxygen atoms in total. The Morgan fingerprint density at radius 1 is 1.44 bits per heavy atom. The molecular weight excluding hydrogens is 206 g/mol. The summed E-state index contributed by atoms with van der Waals surface area (Å²) in [6.45, 7) is 9.64. The predicted molar refractivity (Wildman–Crippen MR) is 64.4 cm³/mol. The molecule has 0 fully saturated rings. The molecule has 16 heavy (non-hydrogen) atoms. The molecule has 1 N–H and O–H groups in total. The van der Waals surface area contributed by atoms with E-state index in [-0.39, 0.29) is 5.97 Å². The van der Waals surface area contributed by atoms with E-state index in [2.05, 4.69) is 19.2 Å². The van der Waals surface area contributed by atoms with Crippen LogP contribution < -0.4 is 5.32 Å². The van der Waals surface area contributed by atoms with Crippen molar-refractivity contribution in [3.8, 4) is 0 Å². The molecule has 0 radical (unpaired) electrons. The molecule has 1 atom stereocenters. The number of rotatable bonds is 8. The first-order valence-corrected chi connectivity index (χ1v) is 5.87. The Morgan fingerprint density at radius 3 is 2.50 bits per heavy atom. The van der Waals surface area contributed by atoms with E-state index in [4.69, 9.17) is 9.47 Å². The van der Waals surface area contributed by atoms with Gasteiger partial charge in [-0.3, -0.25) is 4.79 Å². The topological polar surface area (TPSA) is 47.6 Å². The molecule has 0 aliphatic heterocycles. The molecule has 0 aromatic heterocycles. The van der Waals surface area contributed by atoms with E-state index >= 15 is 0 Å².